The molecule has 9 heteroatoms. The van der Waals surface area contributed by atoms with E-state index in [1.165, 1.54) is 6.21 Å². The Kier molecular flexibility index (Phi) is 8.70. The van der Waals surface area contributed by atoms with Crippen molar-refractivity contribution in [3.05, 3.63) is 60.3 Å². The second-order valence-electron chi connectivity index (χ2n) is 10.1. The Balaban J connectivity index is 1.95. The van der Waals surface area contributed by atoms with Gasteiger partial charge in [-0.2, -0.15) is 5.10 Å². The third-order valence-corrected chi connectivity index (χ3v) is 6.41. The minimum absolute atomic E-state index is 0.0319. The number of nitrogens with one attached hydrogen (secondary N) is 1. The number of urea groups is 1. The summed E-state index contributed by atoms with van der Waals surface area (Å²) in [7, 11) is 1.62. The fraction of sp³-hybridized carbons (Fsp3) is 0.444. The van der Waals surface area contributed by atoms with E-state index in [0.29, 0.717) is 43.9 Å². The number of aliphatic hydroxyl groups excluding tert-OH is 1. The molecule has 1 atom stereocenters. The van der Waals surface area contributed by atoms with Crippen molar-refractivity contribution in [2.45, 2.75) is 51.2 Å². The highest BCUT2D eigenvalue weighted by atomic mass is 16.5. The zero-order valence-electron chi connectivity index (χ0n) is 21.7. The van der Waals surface area contributed by atoms with E-state index in [1.54, 1.807) is 24.3 Å². The highest BCUT2D eigenvalue weighted by Gasteiger charge is 2.49. The summed E-state index contributed by atoms with van der Waals surface area (Å²) in [5.74, 6) is 6.51. The van der Waals surface area contributed by atoms with Crippen LogP contribution in [0.15, 0.2) is 54.3 Å². The molecule has 2 heterocycles. The van der Waals surface area contributed by atoms with Gasteiger partial charge in [0.05, 0.1) is 25.4 Å². The number of nitrogens with zero attached hydrogens (tertiary/aromatic N) is 4. The fourth-order valence-corrected chi connectivity index (χ4v) is 4.50. The summed E-state index contributed by atoms with van der Waals surface area (Å²) in [6, 6.07) is 11.2. The number of nitrogens with two attached hydrogens (primary N) is 1. The first kappa shape index (κ1) is 27.2. The molecule has 1 saturated heterocycles. The SMILES string of the molecule is C=C(/C=N\N)c1ccc(N2CC(CCO)(CCNC(C)(C)C)N(Cc3cccc(OC)c3)C2=O)nc1. The van der Waals surface area contributed by atoms with Crippen molar-refractivity contribution >= 4 is 23.6 Å². The van der Waals surface area contributed by atoms with E-state index < -0.39 is 5.54 Å². The van der Waals surface area contributed by atoms with Crippen LogP contribution in [0.3, 0.4) is 0 Å². The molecule has 194 valence electrons. The largest absolute Gasteiger partial charge is 0.497 e. The molecule has 1 aromatic heterocycles. The number of benzene rings is 1. The number of pyridine rings is 1. The molecule has 1 unspecified atom stereocenters. The fourth-order valence-electron chi connectivity index (χ4n) is 4.50. The number of hydrogen-bond donors (Lipinski definition) is 3. The van der Waals surface area contributed by atoms with Gasteiger partial charge in [0.15, 0.2) is 0 Å². The molecule has 1 fully saturated rings. The third kappa shape index (κ3) is 6.41. The molecule has 9 nitrogen and oxygen atoms in total. The summed E-state index contributed by atoms with van der Waals surface area (Å²) in [5.41, 5.74) is 1.71. The van der Waals surface area contributed by atoms with Gasteiger partial charge >= 0.3 is 6.03 Å². The van der Waals surface area contributed by atoms with E-state index in [4.69, 9.17) is 10.6 Å². The molecular formula is C27H38N6O3. The summed E-state index contributed by atoms with van der Waals surface area (Å²) >= 11 is 0. The van der Waals surface area contributed by atoms with Crippen LogP contribution in [-0.4, -0.2) is 65.1 Å². The second kappa shape index (κ2) is 11.5. The van der Waals surface area contributed by atoms with Gasteiger partial charge in [0.25, 0.3) is 0 Å². The number of ether oxygens (including phenoxy) is 1. The average Bonchev–Trinajstić information content (AvgIpc) is 3.10. The lowest BCUT2D eigenvalue weighted by Crippen LogP contribution is -2.50. The summed E-state index contributed by atoms with van der Waals surface area (Å²) in [4.78, 5) is 22.0. The van der Waals surface area contributed by atoms with Gasteiger partial charge in [0.1, 0.15) is 11.6 Å². The van der Waals surface area contributed by atoms with Crippen molar-refractivity contribution in [2.75, 3.05) is 31.7 Å². The highest BCUT2D eigenvalue weighted by molar-refractivity contribution is 6.08. The van der Waals surface area contributed by atoms with Crippen LogP contribution in [0.25, 0.3) is 5.57 Å². The Labute approximate surface area is 213 Å². The molecule has 0 radical (unpaired) electrons. The quantitative estimate of drug-likeness (QED) is 0.251. The number of methoxy groups -OCH3 is 1. The van der Waals surface area contributed by atoms with Crippen molar-refractivity contribution in [2.24, 2.45) is 10.9 Å². The zero-order chi connectivity index (χ0) is 26.3. The van der Waals surface area contributed by atoms with Crippen LogP contribution >= 0.6 is 0 Å². The topological polar surface area (TPSA) is 116 Å². The highest BCUT2D eigenvalue weighted by Crippen LogP contribution is 2.37. The number of carbonyl (C=O) groups is 1. The number of hydrogen-bond acceptors (Lipinski definition) is 7. The first-order chi connectivity index (χ1) is 17.1. The molecule has 2 aromatic rings. The summed E-state index contributed by atoms with van der Waals surface area (Å²) in [5, 5.41) is 17.1. The number of rotatable bonds is 11. The number of allylic oxidation sites excluding steroid dienone is 1. The van der Waals surface area contributed by atoms with Gasteiger partial charge in [-0.15, -0.1) is 0 Å². The number of amides is 2. The van der Waals surface area contributed by atoms with E-state index in [-0.39, 0.29) is 18.2 Å². The van der Waals surface area contributed by atoms with Gasteiger partial charge in [0, 0.05) is 30.5 Å². The molecule has 0 saturated carbocycles. The monoisotopic (exact) mass is 494 g/mol. The molecule has 1 aromatic carbocycles. The smallest absolute Gasteiger partial charge is 0.326 e. The predicted octanol–water partition coefficient (Wildman–Crippen LogP) is 3.39. The standard InChI is InChI=1S/C27H38N6O3/c1-20(16-31-28)22-9-10-24(29-17-22)32-19-27(12-14-34,11-13-30-26(2,3)4)33(25(32)35)18-21-7-6-8-23(15-21)36-5/h6-10,15-17,30,34H,1,11-14,18-19,28H2,2-5H3/b31-16-. The number of aromatic nitrogens is 1. The molecule has 4 N–H and O–H groups in total. The van der Waals surface area contributed by atoms with Crippen molar-refractivity contribution < 1.29 is 14.6 Å². The normalized spacial score (nSPS) is 18.3. The second-order valence-corrected chi connectivity index (χ2v) is 10.1. The van der Waals surface area contributed by atoms with Crippen LogP contribution in [-0.2, 0) is 6.54 Å². The molecule has 0 aliphatic carbocycles. The number of carbonyl (C=O) groups excluding carboxylic acids is 1. The summed E-state index contributed by atoms with van der Waals surface area (Å²) < 4.78 is 5.39. The van der Waals surface area contributed by atoms with E-state index >= 15 is 0 Å². The molecular weight excluding hydrogens is 456 g/mol. The van der Waals surface area contributed by atoms with Crippen LogP contribution in [0.2, 0.25) is 0 Å². The number of hydrazone groups is 1. The Morgan fingerprint density at radius 2 is 2.11 bits per heavy atom. The van der Waals surface area contributed by atoms with Crippen LogP contribution in [0.1, 0.15) is 44.7 Å². The molecule has 1 aliphatic rings. The molecule has 2 amide bonds. The molecule has 0 bridgehead atoms. The van der Waals surface area contributed by atoms with E-state index in [1.807, 2.05) is 35.2 Å². The predicted molar refractivity (Wildman–Crippen MR) is 144 cm³/mol. The van der Waals surface area contributed by atoms with Gasteiger partial charge in [-0.05, 0) is 75.6 Å². The van der Waals surface area contributed by atoms with Gasteiger partial charge < -0.3 is 25.9 Å². The lowest BCUT2D eigenvalue weighted by atomic mass is 9.89. The van der Waals surface area contributed by atoms with Crippen molar-refractivity contribution in [1.82, 2.24) is 15.2 Å². The van der Waals surface area contributed by atoms with Gasteiger partial charge in [-0.25, -0.2) is 9.78 Å². The maximum absolute atomic E-state index is 13.9. The molecule has 3 rings (SSSR count). The van der Waals surface area contributed by atoms with E-state index in [2.05, 4.69) is 42.8 Å². The van der Waals surface area contributed by atoms with E-state index in [9.17, 15) is 9.90 Å². The Hall–Kier alpha value is -3.43. The maximum atomic E-state index is 13.9. The first-order valence-corrected chi connectivity index (χ1v) is 12.1. The van der Waals surface area contributed by atoms with Crippen LogP contribution in [0.4, 0.5) is 10.6 Å². The van der Waals surface area contributed by atoms with Crippen LogP contribution in [0.5, 0.6) is 5.75 Å². The Bertz CT molecular complexity index is 1080. The average molecular weight is 495 g/mol. The molecule has 0 spiro atoms. The minimum atomic E-state index is -0.580. The number of aliphatic hydroxyl groups is 1. The zero-order valence-corrected chi connectivity index (χ0v) is 21.7. The molecule has 1 aliphatic heterocycles. The van der Waals surface area contributed by atoms with E-state index in [0.717, 1.165) is 16.9 Å². The Morgan fingerprint density at radius 1 is 1.33 bits per heavy atom. The Morgan fingerprint density at radius 3 is 2.72 bits per heavy atom. The number of anilines is 1. The summed E-state index contributed by atoms with van der Waals surface area (Å²) in [6.07, 6.45) is 4.25. The third-order valence-electron chi connectivity index (χ3n) is 6.41. The maximum Gasteiger partial charge on any atom is 0.326 e. The van der Waals surface area contributed by atoms with Gasteiger partial charge in [-0.1, -0.05) is 18.7 Å². The van der Waals surface area contributed by atoms with Crippen molar-refractivity contribution in [1.29, 1.82) is 0 Å². The lowest BCUT2D eigenvalue weighted by Gasteiger charge is -2.38. The lowest BCUT2D eigenvalue weighted by molar-refractivity contribution is 0.109. The minimum Gasteiger partial charge on any atom is -0.497 e. The summed E-state index contributed by atoms with van der Waals surface area (Å²) in [6.45, 7) is 11.7. The first-order valence-electron chi connectivity index (χ1n) is 12.1. The van der Waals surface area contributed by atoms with Gasteiger partial charge in [-0.3, -0.25) is 4.90 Å². The van der Waals surface area contributed by atoms with Crippen molar-refractivity contribution in [3.8, 4) is 5.75 Å². The van der Waals surface area contributed by atoms with Crippen LogP contribution < -0.4 is 20.8 Å². The van der Waals surface area contributed by atoms with Gasteiger partial charge in [0.2, 0.25) is 0 Å². The van der Waals surface area contributed by atoms with Crippen LogP contribution in [0, 0.1) is 0 Å². The molecule has 36 heavy (non-hydrogen) atoms. The van der Waals surface area contributed by atoms with Crippen molar-refractivity contribution in [3.63, 3.8) is 0 Å².